The van der Waals surface area contributed by atoms with Gasteiger partial charge in [-0.2, -0.15) is 0 Å². The van der Waals surface area contributed by atoms with Crippen molar-refractivity contribution in [2.45, 2.75) is 193 Å². The number of ketones is 4. The minimum Gasteiger partial charge on any atom is -0.460 e. The maximum atomic E-state index is 14.7. The highest BCUT2D eigenvalue weighted by Crippen LogP contribution is 2.37. The molecule has 14 atom stereocenters. The van der Waals surface area contributed by atoms with E-state index >= 15 is 0 Å². The zero-order chi connectivity index (χ0) is 64.5. The smallest absolute Gasteiger partial charge is 0.407 e. The van der Waals surface area contributed by atoms with Crippen molar-refractivity contribution in [3.63, 3.8) is 0 Å². The van der Waals surface area contributed by atoms with Gasteiger partial charge in [0.1, 0.15) is 36.2 Å². The molecule has 7 rings (SSSR count). The summed E-state index contributed by atoms with van der Waals surface area (Å²) >= 11 is 0. The highest BCUT2D eigenvalue weighted by atomic mass is 16.6. The number of hydrogen-bond donors (Lipinski definition) is 3. The molecule has 2 bridgehead atoms. The van der Waals surface area contributed by atoms with E-state index in [9.17, 15) is 43.8 Å². The zero-order valence-electron chi connectivity index (χ0n) is 53.5. The number of piperidine rings is 1. The minimum absolute atomic E-state index is 0.00954. The lowest BCUT2D eigenvalue weighted by Gasteiger charge is -2.40. The Bertz CT molecular complexity index is 2880. The second-order valence-corrected chi connectivity index (χ2v) is 25.0. The third-order valence-electron chi connectivity index (χ3n) is 18.2. The minimum atomic E-state index is -2.43. The Kier molecular flexibility index (Phi) is 25.8. The number of aliphatic hydroxyl groups excluding tert-OH is 1. The topological polar surface area (TPSA) is 289 Å². The Morgan fingerprint density at radius 3 is 2.10 bits per heavy atom. The van der Waals surface area contributed by atoms with Crippen molar-refractivity contribution < 1.29 is 72.2 Å². The Balaban J connectivity index is 1.02. The molecule has 89 heavy (non-hydrogen) atoms. The maximum Gasteiger partial charge on any atom is 0.407 e. The first kappa shape index (κ1) is 69.8. The molecule has 3 N–H and O–H groups in total. The number of carbonyl (C=O) groups excluding carboxylic acids is 7. The number of nitrogens with zero attached hydrogens (tertiary/aromatic N) is 7. The molecule has 2 aromatic heterocycles. The summed E-state index contributed by atoms with van der Waals surface area (Å²) in [6.07, 6.45) is 15.8. The van der Waals surface area contributed by atoms with Crippen molar-refractivity contribution >= 4 is 53.0 Å². The van der Waals surface area contributed by atoms with Crippen LogP contribution in [0.2, 0.25) is 0 Å². The molecule has 0 radical (unpaired) electrons. The van der Waals surface area contributed by atoms with Gasteiger partial charge in [-0.1, -0.05) is 64.2 Å². The number of esters is 1. The molecule has 1 aliphatic carbocycles. The number of Topliss-reactive ketones (excluding diaryl/α,β-unsaturated/α-hetero) is 4. The lowest BCUT2D eigenvalue weighted by molar-refractivity contribution is -0.245. The van der Waals surface area contributed by atoms with Gasteiger partial charge >= 0.3 is 12.1 Å². The van der Waals surface area contributed by atoms with Gasteiger partial charge in [-0.25, -0.2) is 29.5 Å². The van der Waals surface area contributed by atoms with Gasteiger partial charge in [-0.05, 0) is 114 Å². The van der Waals surface area contributed by atoms with Crippen LogP contribution in [-0.4, -0.2) is 185 Å². The van der Waals surface area contributed by atoms with E-state index in [0.717, 1.165) is 5.57 Å². The summed E-state index contributed by atoms with van der Waals surface area (Å²) in [6.45, 7) is 15.1. The third-order valence-corrected chi connectivity index (χ3v) is 18.2. The molecule has 23 nitrogen and oxygen atoms in total. The first-order chi connectivity index (χ1) is 42.5. The maximum absolute atomic E-state index is 14.7. The van der Waals surface area contributed by atoms with Gasteiger partial charge < -0.3 is 58.7 Å². The summed E-state index contributed by atoms with van der Waals surface area (Å²) < 4.78 is 35.8. The summed E-state index contributed by atoms with van der Waals surface area (Å²) in [6, 6.07) is -1.20. The van der Waals surface area contributed by atoms with E-state index in [4.69, 9.17) is 28.4 Å². The molecule has 4 fully saturated rings. The van der Waals surface area contributed by atoms with E-state index in [2.05, 4.69) is 30.2 Å². The van der Waals surface area contributed by atoms with Gasteiger partial charge in [0.2, 0.25) is 17.7 Å². The van der Waals surface area contributed by atoms with E-state index in [0.29, 0.717) is 119 Å². The molecular weight excluding hydrogens is 1140 g/mol. The Hall–Kier alpha value is -6.63. The van der Waals surface area contributed by atoms with Crippen LogP contribution >= 0.6 is 0 Å². The number of anilines is 2. The molecular formula is C66H94N8O15. The van der Waals surface area contributed by atoms with Crippen LogP contribution in [0.4, 0.5) is 16.7 Å². The first-order valence-electron chi connectivity index (χ1n) is 31.6. The van der Waals surface area contributed by atoms with Crippen LogP contribution in [0.25, 0.3) is 0 Å². The number of aromatic nitrogens is 4. The number of hydrogen-bond acceptors (Lipinski definition) is 21. The molecule has 2 aromatic rings. The van der Waals surface area contributed by atoms with Crippen LogP contribution in [0.15, 0.2) is 72.4 Å². The van der Waals surface area contributed by atoms with E-state index in [1.807, 2.05) is 56.1 Å². The molecule has 0 unspecified atom stereocenters. The van der Waals surface area contributed by atoms with Gasteiger partial charge in [0, 0.05) is 122 Å². The number of piperazine rings is 1. The lowest BCUT2D eigenvalue weighted by Crippen LogP contribution is -2.58. The Morgan fingerprint density at radius 2 is 1.46 bits per heavy atom. The monoisotopic (exact) mass is 1240 g/mol. The van der Waals surface area contributed by atoms with E-state index in [-0.39, 0.29) is 61.5 Å². The number of alkyl carbamates (subject to hydrolysis) is 1. The third kappa shape index (κ3) is 19.0. The second kappa shape index (κ2) is 32.9. The normalized spacial score (nSPS) is 32.7. The molecule has 1 saturated carbocycles. The number of nitrogens with one attached hydrogen (secondary N) is 1. The first-order valence-corrected chi connectivity index (χ1v) is 31.6. The van der Waals surface area contributed by atoms with Gasteiger partial charge in [0.15, 0.2) is 11.6 Å². The number of ether oxygens (including phenoxy) is 6. The standard InChI is InChI=1S/C66H94N8O15/c1-40-17-12-11-13-18-41(2)54(84-8)33-50-19-16-23-66(83,89-50)60(79)61(80)74-24-15-14-20-51(74)62(81)87-55(34-52(76)42(3)30-45(6)58(78)59(86-10)57(77)44(5)29-40)43(4)31-47-21-22-53(56(32-47)85-9)88-65(82)71-37-48-35-67-63(68-36-48)72-25-27-73(28-26-72)64-69-38-49(39-70-64)46(7)75/h11-13,17-18,30,35-36,38-40,42-44,47,50-51,53-56,58-59,78,83H,14-16,19-29,31-34,37H2,1-10H3,(H,71,82)/b13-11+,17-12+,41-18+,45-30+/t40-,42-,43-,44-,47+,50+,51+,53-,54+,55+,56-,58-,59+,66-/m1/s1. The molecule has 5 aliphatic rings. The number of cyclic esters (lactones) is 1. The number of methoxy groups -OCH3 is 3. The van der Waals surface area contributed by atoms with Gasteiger partial charge in [0.05, 0.1) is 23.9 Å². The van der Waals surface area contributed by atoms with Crippen molar-refractivity contribution in [2.75, 3.05) is 63.9 Å². The van der Waals surface area contributed by atoms with Crippen molar-refractivity contribution in [3.05, 3.63) is 83.5 Å². The molecule has 23 heteroatoms. The highest BCUT2D eigenvalue weighted by Gasteiger charge is 2.50. The zero-order valence-corrected chi connectivity index (χ0v) is 53.5. The highest BCUT2D eigenvalue weighted by molar-refractivity contribution is 6.39. The molecule has 0 aromatic carbocycles. The predicted molar refractivity (Wildman–Crippen MR) is 330 cm³/mol. The van der Waals surface area contributed by atoms with E-state index < -0.39 is 96.1 Å². The summed E-state index contributed by atoms with van der Waals surface area (Å²) in [7, 11) is 4.49. The predicted octanol–water partition coefficient (Wildman–Crippen LogP) is 6.98. The SMILES string of the molecule is CO[C@H]1C[C@@H]2CCC[C@@](O)(O2)C(=O)C(=O)N2CCCC[C@H]2C(=O)O[C@H]([C@H](C)C[C@@H]2CC[C@@H](OC(=O)NCc3cnc(N4CCN(c5ncc(C(C)=O)cn5)CC4)nc3)[C@H](OC)C2)CC(=O)[C@H](C)/C=C(\C)[C@@H](O)[C@@H](OC)C(=O)[C@H](C)C[C@H](C)/C=C/C=C/C=C/1C. The van der Waals surface area contributed by atoms with Crippen LogP contribution in [-0.2, 0) is 58.9 Å². The summed E-state index contributed by atoms with van der Waals surface area (Å²) in [5.74, 6) is -6.78. The molecule has 4 aliphatic heterocycles. The number of carbonyl (C=O) groups is 7. The quantitative estimate of drug-likeness (QED) is 0.0836. The summed E-state index contributed by atoms with van der Waals surface area (Å²) in [5.41, 5.74) is 2.35. The molecule has 6 heterocycles. The second-order valence-electron chi connectivity index (χ2n) is 25.0. The van der Waals surface area contributed by atoms with Crippen LogP contribution in [0.3, 0.4) is 0 Å². The van der Waals surface area contributed by atoms with Crippen molar-refractivity contribution in [1.82, 2.24) is 30.2 Å². The number of rotatable bonds is 12. The summed E-state index contributed by atoms with van der Waals surface area (Å²) in [4.78, 5) is 120. The average molecular weight is 1240 g/mol. The fourth-order valence-electron chi connectivity index (χ4n) is 12.8. The number of aliphatic hydroxyl groups is 2. The molecule has 0 spiro atoms. The van der Waals surface area contributed by atoms with Gasteiger partial charge in [0.25, 0.3) is 11.7 Å². The molecule has 488 valence electrons. The largest absolute Gasteiger partial charge is 0.460 e. The van der Waals surface area contributed by atoms with E-state index in [1.54, 1.807) is 53.5 Å². The van der Waals surface area contributed by atoms with Crippen LogP contribution in [0, 0.1) is 29.6 Å². The van der Waals surface area contributed by atoms with Crippen molar-refractivity contribution in [3.8, 4) is 0 Å². The number of allylic oxidation sites excluding steroid dienone is 6. The van der Waals surface area contributed by atoms with Crippen molar-refractivity contribution in [1.29, 1.82) is 0 Å². The Morgan fingerprint density at radius 1 is 0.787 bits per heavy atom. The van der Waals surface area contributed by atoms with Gasteiger partial charge in [-0.3, -0.25) is 24.0 Å². The van der Waals surface area contributed by atoms with E-state index in [1.165, 1.54) is 31.3 Å². The summed E-state index contributed by atoms with van der Waals surface area (Å²) in [5, 5.41) is 26.2. The lowest BCUT2D eigenvalue weighted by atomic mass is 9.78. The van der Waals surface area contributed by atoms with Crippen LogP contribution in [0.5, 0.6) is 0 Å². The fourth-order valence-corrected chi connectivity index (χ4v) is 12.8. The van der Waals surface area contributed by atoms with Crippen molar-refractivity contribution in [2.24, 2.45) is 29.6 Å². The van der Waals surface area contributed by atoms with Crippen LogP contribution in [0.1, 0.15) is 148 Å². The number of amides is 2. The molecule has 3 saturated heterocycles. The fraction of sp³-hybridized carbons (Fsp3) is 0.652. The average Bonchev–Trinajstić information content (AvgIpc) is 3.66. The van der Waals surface area contributed by atoms with Crippen LogP contribution < -0.4 is 15.1 Å². The Labute approximate surface area is 523 Å². The number of fused-ring (bicyclic) bond motifs is 3. The molecule has 2 amide bonds. The van der Waals surface area contributed by atoms with Gasteiger partial charge in [-0.15, -0.1) is 0 Å².